The Morgan fingerprint density at radius 3 is 2.50 bits per heavy atom. The van der Waals surface area contributed by atoms with Crippen LogP contribution in [0.15, 0.2) is 46.0 Å². The Kier molecular flexibility index (Phi) is 4.75. The highest BCUT2D eigenvalue weighted by atomic mass is 79.9. The van der Waals surface area contributed by atoms with E-state index in [0.717, 1.165) is 4.47 Å². The first-order valence-electron chi connectivity index (χ1n) is 5.41. The molecule has 20 heavy (non-hydrogen) atoms. The molecule has 0 saturated heterocycles. The van der Waals surface area contributed by atoms with E-state index >= 15 is 0 Å². The van der Waals surface area contributed by atoms with Crippen molar-refractivity contribution in [1.29, 1.82) is 0 Å². The van der Waals surface area contributed by atoms with Crippen molar-refractivity contribution in [3.63, 3.8) is 0 Å². The molecule has 0 amide bonds. The maximum Gasteiger partial charge on any atom is 0.173 e. The minimum Gasteiger partial charge on any atom is -0.455 e. The van der Waals surface area contributed by atoms with Crippen LogP contribution < -0.4 is 10.5 Å². The summed E-state index contributed by atoms with van der Waals surface area (Å²) in [4.78, 5) is 0. The lowest BCUT2D eigenvalue weighted by atomic mass is 10.2. The molecule has 3 N–H and O–H groups in total. The van der Waals surface area contributed by atoms with Gasteiger partial charge in [0.1, 0.15) is 11.5 Å². The summed E-state index contributed by atoms with van der Waals surface area (Å²) in [6.45, 7) is 0. The van der Waals surface area contributed by atoms with Crippen molar-refractivity contribution in [1.82, 2.24) is 0 Å². The normalized spacial score (nSPS) is 11.4. The lowest BCUT2D eigenvalue weighted by Crippen LogP contribution is -2.14. The summed E-state index contributed by atoms with van der Waals surface area (Å²) in [6.07, 6.45) is 0. The van der Waals surface area contributed by atoms with E-state index in [1.165, 1.54) is 0 Å². The Hall–Kier alpha value is -1.43. The molecule has 0 aliphatic heterocycles. The molecular formula is C13H9BrCl2N2O2. The second kappa shape index (κ2) is 6.35. The van der Waals surface area contributed by atoms with Gasteiger partial charge in [0.05, 0.1) is 10.6 Å². The standard InChI is InChI=1S/C13H9BrCl2N2O2/c14-7-1-3-12(10(16)5-7)20-11-4-2-8(15)6-9(11)13(17)18-19/h1-6,19H,(H2,17,18). The summed E-state index contributed by atoms with van der Waals surface area (Å²) in [6, 6.07) is 10.00. The number of amidine groups is 1. The summed E-state index contributed by atoms with van der Waals surface area (Å²) >= 11 is 15.3. The summed E-state index contributed by atoms with van der Waals surface area (Å²) in [5.74, 6) is 0.730. The maximum absolute atomic E-state index is 8.79. The van der Waals surface area contributed by atoms with Gasteiger partial charge in [-0.3, -0.25) is 0 Å². The topological polar surface area (TPSA) is 67.8 Å². The van der Waals surface area contributed by atoms with Crippen LogP contribution in [0.3, 0.4) is 0 Å². The van der Waals surface area contributed by atoms with Gasteiger partial charge in [0.2, 0.25) is 0 Å². The van der Waals surface area contributed by atoms with Gasteiger partial charge >= 0.3 is 0 Å². The monoisotopic (exact) mass is 374 g/mol. The third kappa shape index (κ3) is 3.36. The Morgan fingerprint density at radius 2 is 1.85 bits per heavy atom. The van der Waals surface area contributed by atoms with E-state index in [0.29, 0.717) is 27.1 Å². The van der Waals surface area contributed by atoms with Crippen LogP contribution in [0, 0.1) is 0 Å². The van der Waals surface area contributed by atoms with Crippen LogP contribution >= 0.6 is 39.1 Å². The van der Waals surface area contributed by atoms with Crippen molar-refractivity contribution in [3.05, 3.63) is 56.5 Å². The van der Waals surface area contributed by atoms with Crippen molar-refractivity contribution in [2.45, 2.75) is 0 Å². The summed E-state index contributed by atoms with van der Waals surface area (Å²) in [5.41, 5.74) is 5.97. The smallest absolute Gasteiger partial charge is 0.173 e. The first-order chi connectivity index (χ1) is 9.51. The molecule has 2 rings (SSSR count). The molecule has 2 aromatic carbocycles. The molecule has 0 spiro atoms. The number of ether oxygens (including phenoxy) is 1. The van der Waals surface area contributed by atoms with E-state index < -0.39 is 0 Å². The Bertz CT molecular complexity index is 677. The van der Waals surface area contributed by atoms with E-state index in [1.807, 2.05) is 0 Å². The van der Waals surface area contributed by atoms with Crippen molar-refractivity contribution in [3.8, 4) is 11.5 Å². The Balaban J connectivity index is 2.43. The first kappa shape index (κ1) is 15.0. The summed E-state index contributed by atoms with van der Waals surface area (Å²) in [5, 5.41) is 12.6. The molecule has 0 saturated carbocycles. The Labute approximate surface area is 133 Å². The third-order valence-corrected chi connectivity index (χ3v) is 3.46. The zero-order valence-electron chi connectivity index (χ0n) is 9.98. The Morgan fingerprint density at radius 1 is 1.15 bits per heavy atom. The van der Waals surface area contributed by atoms with Crippen LogP contribution in [0.2, 0.25) is 10.0 Å². The maximum atomic E-state index is 8.79. The number of benzene rings is 2. The molecule has 0 atom stereocenters. The van der Waals surface area contributed by atoms with Crippen LogP contribution in [-0.4, -0.2) is 11.0 Å². The number of halogens is 3. The molecule has 0 aliphatic carbocycles. The van der Waals surface area contributed by atoms with Gasteiger partial charge in [-0.2, -0.15) is 0 Å². The van der Waals surface area contributed by atoms with Crippen LogP contribution in [0.4, 0.5) is 0 Å². The van der Waals surface area contributed by atoms with Crippen LogP contribution in [-0.2, 0) is 0 Å². The predicted octanol–water partition coefficient (Wildman–Crippen LogP) is 4.64. The van der Waals surface area contributed by atoms with Gasteiger partial charge in [-0.1, -0.05) is 44.3 Å². The van der Waals surface area contributed by atoms with E-state index in [-0.39, 0.29) is 5.84 Å². The molecule has 7 heteroatoms. The molecule has 0 heterocycles. The van der Waals surface area contributed by atoms with Crippen molar-refractivity contribution in [2.24, 2.45) is 10.9 Å². The molecule has 0 unspecified atom stereocenters. The van der Waals surface area contributed by atoms with Crippen LogP contribution in [0.5, 0.6) is 11.5 Å². The number of hydrogen-bond acceptors (Lipinski definition) is 3. The molecule has 0 bridgehead atoms. The van der Waals surface area contributed by atoms with Crippen LogP contribution in [0.25, 0.3) is 0 Å². The van der Waals surface area contributed by atoms with E-state index in [4.69, 9.17) is 38.9 Å². The molecular weight excluding hydrogens is 367 g/mol. The van der Waals surface area contributed by atoms with E-state index in [9.17, 15) is 0 Å². The summed E-state index contributed by atoms with van der Waals surface area (Å²) < 4.78 is 6.53. The minimum absolute atomic E-state index is 0.101. The predicted molar refractivity (Wildman–Crippen MR) is 83.2 cm³/mol. The quantitative estimate of drug-likeness (QED) is 0.355. The SMILES string of the molecule is NC(=NO)c1cc(Cl)ccc1Oc1ccc(Br)cc1Cl. The molecule has 104 valence electrons. The third-order valence-electron chi connectivity index (χ3n) is 2.44. The van der Waals surface area contributed by atoms with Crippen LogP contribution in [0.1, 0.15) is 5.56 Å². The van der Waals surface area contributed by atoms with Gasteiger partial charge in [-0.05, 0) is 36.4 Å². The number of rotatable bonds is 3. The highest BCUT2D eigenvalue weighted by Gasteiger charge is 2.12. The lowest BCUT2D eigenvalue weighted by Gasteiger charge is -2.12. The van der Waals surface area contributed by atoms with E-state index in [2.05, 4.69) is 21.1 Å². The molecule has 0 fully saturated rings. The number of hydrogen-bond donors (Lipinski definition) is 2. The molecule has 0 aliphatic rings. The van der Waals surface area contributed by atoms with E-state index in [1.54, 1.807) is 36.4 Å². The zero-order chi connectivity index (χ0) is 14.7. The van der Waals surface area contributed by atoms with Gasteiger partial charge in [0.25, 0.3) is 0 Å². The van der Waals surface area contributed by atoms with Crippen molar-refractivity contribution in [2.75, 3.05) is 0 Å². The van der Waals surface area contributed by atoms with Gasteiger partial charge in [-0.25, -0.2) is 0 Å². The van der Waals surface area contributed by atoms with Crippen molar-refractivity contribution < 1.29 is 9.94 Å². The average molecular weight is 376 g/mol. The second-order valence-electron chi connectivity index (χ2n) is 3.80. The molecule has 4 nitrogen and oxygen atoms in total. The minimum atomic E-state index is -0.101. The lowest BCUT2D eigenvalue weighted by molar-refractivity contribution is 0.318. The largest absolute Gasteiger partial charge is 0.455 e. The second-order valence-corrected chi connectivity index (χ2v) is 5.56. The zero-order valence-corrected chi connectivity index (χ0v) is 13.1. The number of nitrogens with two attached hydrogens (primary N) is 1. The molecule has 0 radical (unpaired) electrons. The molecule has 2 aromatic rings. The number of nitrogens with zero attached hydrogens (tertiary/aromatic N) is 1. The van der Waals surface area contributed by atoms with Crippen molar-refractivity contribution >= 4 is 45.0 Å². The fourth-order valence-electron chi connectivity index (χ4n) is 1.52. The molecule has 0 aromatic heterocycles. The van der Waals surface area contributed by atoms with Gasteiger partial charge < -0.3 is 15.7 Å². The highest BCUT2D eigenvalue weighted by Crippen LogP contribution is 2.34. The van der Waals surface area contributed by atoms with Gasteiger partial charge in [0, 0.05) is 9.50 Å². The van der Waals surface area contributed by atoms with Gasteiger partial charge in [-0.15, -0.1) is 0 Å². The fraction of sp³-hybridized carbons (Fsp3) is 0. The average Bonchev–Trinajstić information content (AvgIpc) is 2.42. The first-order valence-corrected chi connectivity index (χ1v) is 6.96. The number of oxime groups is 1. The highest BCUT2D eigenvalue weighted by molar-refractivity contribution is 9.10. The fourth-order valence-corrected chi connectivity index (χ4v) is 2.41. The summed E-state index contributed by atoms with van der Waals surface area (Å²) in [7, 11) is 0. The van der Waals surface area contributed by atoms with Gasteiger partial charge in [0.15, 0.2) is 5.84 Å².